The minimum atomic E-state index is -4.23. The van der Waals surface area contributed by atoms with Crippen LogP contribution >= 0.6 is 11.3 Å². The number of likely N-dealkylation sites (N-methyl/N-ethyl adjacent to an activating group) is 1. The molecular weight excluding hydrogens is 1870 g/mol. The molecule has 0 radical (unpaired) electrons. The number of aromatic nitrogens is 2. The average Bonchev–Trinajstić information content (AvgIpc) is 1.73. The molecular formula is C132H227F4N7O5S. The Labute approximate surface area is 919 Å². The number of piperazine rings is 1. The summed E-state index contributed by atoms with van der Waals surface area (Å²) in [6.45, 7) is 94.2. The fourth-order valence-electron chi connectivity index (χ4n) is 16.8. The molecule has 0 spiro atoms. The van der Waals surface area contributed by atoms with Gasteiger partial charge in [-0.3, -0.25) is 24.2 Å². The zero-order valence-electron chi connectivity index (χ0n) is 103. The second kappa shape index (κ2) is 72.2. The lowest BCUT2D eigenvalue weighted by molar-refractivity contribution is -0.149. The van der Waals surface area contributed by atoms with Crippen molar-refractivity contribution in [2.24, 2.45) is 77.8 Å². The summed E-state index contributed by atoms with van der Waals surface area (Å²) in [5.41, 5.74) is 10.1. The largest absolute Gasteiger partial charge is 0.463 e. The van der Waals surface area contributed by atoms with Gasteiger partial charge in [0.15, 0.2) is 10.8 Å². The number of thiazole rings is 1. The zero-order chi connectivity index (χ0) is 114. The van der Waals surface area contributed by atoms with E-state index in [0.29, 0.717) is 92.3 Å². The molecule has 1 aliphatic carbocycles. The van der Waals surface area contributed by atoms with Crippen LogP contribution in [0.15, 0.2) is 139 Å². The SMILES string of the molecule is CC(C)(C)CC(=O)c1nc(-c2ccccc2)cs1.CC(C)(C)CCC1CCC(C)(C)C1.CC(C)(C)CCCc1ccc(F)cc1.CC(C)(C)CCCc1ccccc1.CC(C)(C)CCCc1cccnc1.CC(C)(C)CCN1CCCCC1.CC(C)(C)CCN1CCCCC1.CC(C)CC(=O)N1CCN(C)CC1.CC(C)CCCc1ccc(C(F)(F)F)cc1.CC(C)CCN(C)C(=O)CC(C)(C)C.CC(C)OC(=O)CC(C)(C)C. The van der Waals surface area contributed by atoms with Crippen LogP contribution in [0, 0.1) is 83.6 Å². The number of ether oxygens (including phenoxy) is 1. The quantitative estimate of drug-likeness (QED) is 0.0245. The van der Waals surface area contributed by atoms with E-state index in [1.165, 1.54) is 208 Å². The number of nitrogens with zero attached hydrogens (tertiary/aromatic N) is 7. The minimum Gasteiger partial charge on any atom is -0.463 e. The highest BCUT2D eigenvalue weighted by molar-refractivity contribution is 7.12. The van der Waals surface area contributed by atoms with Crippen molar-refractivity contribution < 1.29 is 41.5 Å². The molecule has 0 bridgehead atoms. The maximum Gasteiger partial charge on any atom is 0.416 e. The second-order valence-electron chi connectivity index (χ2n) is 56.4. The van der Waals surface area contributed by atoms with Crippen LogP contribution in [0.4, 0.5) is 17.6 Å². The van der Waals surface area contributed by atoms with Gasteiger partial charge in [-0.2, -0.15) is 13.2 Å². The van der Waals surface area contributed by atoms with Crippen molar-refractivity contribution in [2.75, 3.05) is 86.1 Å². The fraction of sp³-hybridized carbons (Fsp3) is 0.727. The number of likely N-dealkylation sites (tertiary alicyclic amines) is 2. The van der Waals surface area contributed by atoms with E-state index < -0.39 is 11.7 Å². The molecule has 1 unspecified atom stereocenters. The van der Waals surface area contributed by atoms with Crippen molar-refractivity contribution in [3.05, 3.63) is 178 Å². The number of rotatable bonds is 30. The lowest BCUT2D eigenvalue weighted by Gasteiger charge is -2.32. The standard InChI is InChI=1S/C15H17NOS.C13H17F3.C13H19F.C13H26.C13H20.C12H25NO.C12H19N.2C11H23N.C10H20N2O.C9H18O2/c1-15(2,3)9-13(17)14-16-12(10-18-14)11-7-5-4-6-8-11;1-10(2)4-3-5-11-6-8-12(9-7-11)13(14,15)16;1-13(2,3)10-4-5-11-6-8-12(14)9-7-11;1-12(2,3)8-6-11-7-9-13(4,5)10-11;1-13(2,3)11-7-10-12-8-5-4-6-9-12;1-10(2)7-8-13(6)11(14)9-12(3,4)5;1-12(2,3)8-4-6-11-7-5-9-13-10-11;2*1-11(2,3)7-10-12-8-5-4-6-9-12;1-9(2)8-10(13)12-6-4-11(3)5-7-12;1-7(2)11-8(10)6-9(3,4)5/h4-8,10H,9H2,1-3H3;6-10H,3-5H2,1-2H3;6-9H,4-5,10H2,1-3H3;11H,6-10H2,1-5H3;4-6,8-9H,7,10-11H2,1-3H3;10H,7-9H2,1-6H3;5,7,9-10H,4,6,8H2,1-3H3;2*4-10H2,1-3H3;9H,4-8H2,1-3H3;7H,6H2,1-5H3. The molecule has 0 N–H and O–H groups in total. The molecule has 5 heterocycles. The van der Waals surface area contributed by atoms with Crippen LogP contribution < -0.4 is 0 Å². The number of esters is 1. The first-order valence-corrected chi connectivity index (χ1v) is 58.6. The van der Waals surface area contributed by atoms with Gasteiger partial charge in [0.05, 0.1) is 23.8 Å². The number of carbonyl (C=O) groups excluding carboxylic acids is 4. The number of aryl methyl sites for hydroxylation is 4. The Morgan fingerprint density at radius 2 is 0.866 bits per heavy atom. The van der Waals surface area contributed by atoms with Crippen molar-refractivity contribution in [3.63, 3.8) is 0 Å². The number of hydrogen-bond acceptors (Lipinski definition) is 11. The lowest BCUT2D eigenvalue weighted by atomic mass is 9.84. The molecule has 4 fully saturated rings. The number of amides is 2. The summed E-state index contributed by atoms with van der Waals surface area (Å²) >= 11 is 1.43. The van der Waals surface area contributed by atoms with E-state index >= 15 is 0 Å². The van der Waals surface area contributed by atoms with Gasteiger partial charge in [-0.15, -0.1) is 11.3 Å². The van der Waals surface area contributed by atoms with E-state index in [-0.39, 0.29) is 45.8 Å². The highest BCUT2D eigenvalue weighted by Gasteiger charge is 2.33. The first-order valence-electron chi connectivity index (χ1n) is 57.8. The van der Waals surface area contributed by atoms with Gasteiger partial charge in [0.25, 0.3) is 0 Å². The molecule has 4 aromatic carbocycles. The summed E-state index contributed by atoms with van der Waals surface area (Å²) in [5.74, 6) is 3.28. The van der Waals surface area contributed by atoms with Crippen LogP contribution in [0.2, 0.25) is 0 Å². The van der Waals surface area contributed by atoms with Gasteiger partial charge in [-0.25, -0.2) is 9.37 Å². The lowest BCUT2D eigenvalue weighted by Crippen LogP contribution is -2.47. The monoisotopic (exact) mass is 2100 g/mol. The Hall–Kier alpha value is -6.66. The molecule has 4 aliphatic rings. The van der Waals surface area contributed by atoms with E-state index in [1.807, 2.05) is 118 Å². The predicted molar refractivity (Wildman–Crippen MR) is 638 cm³/mol. The molecule has 3 saturated heterocycles. The Bertz CT molecular complexity index is 4280. The third-order valence-corrected chi connectivity index (χ3v) is 26.8. The molecule has 12 nitrogen and oxygen atoms in total. The van der Waals surface area contributed by atoms with Gasteiger partial charge < -0.3 is 29.2 Å². The normalized spacial score (nSPS) is 15.4. The van der Waals surface area contributed by atoms with Crippen LogP contribution in [0.1, 0.15) is 461 Å². The van der Waals surface area contributed by atoms with E-state index in [2.05, 4.69) is 290 Å². The average molecular weight is 2100 g/mol. The minimum absolute atomic E-state index is 0.00449. The van der Waals surface area contributed by atoms with Gasteiger partial charge in [0.2, 0.25) is 11.8 Å². The van der Waals surface area contributed by atoms with Gasteiger partial charge in [0, 0.05) is 82.4 Å². The summed E-state index contributed by atoms with van der Waals surface area (Å²) in [7, 11) is 4.00. The van der Waals surface area contributed by atoms with E-state index in [4.69, 9.17) is 4.74 Å². The predicted octanol–water partition coefficient (Wildman–Crippen LogP) is 37.4. The molecule has 17 heteroatoms. The molecule has 10 rings (SSSR count). The Kier molecular flexibility index (Phi) is 69.0. The molecule has 149 heavy (non-hydrogen) atoms. The van der Waals surface area contributed by atoms with Crippen molar-refractivity contribution in [1.82, 2.24) is 34.5 Å². The highest BCUT2D eigenvalue weighted by atomic mass is 32.1. The third kappa shape index (κ3) is 86.3. The number of Topliss-reactive ketones (excluding diaryl/α,β-unsaturated/α-hetero) is 1. The van der Waals surface area contributed by atoms with Crippen LogP contribution in [0.3, 0.4) is 0 Å². The maximum absolute atomic E-state index is 12.6. The Balaban J connectivity index is 0.00000162. The number of hydrogen-bond donors (Lipinski definition) is 0. The molecule has 2 amide bonds. The number of ketones is 1. The number of piperidine rings is 2. The van der Waals surface area contributed by atoms with E-state index in [1.54, 1.807) is 12.1 Å². The van der Waals surface area contributed by atoms with Crippen LogP contribution in [-0.2, 0) is 51.0 Å². The maximum atomic E-state index is 12.6. The van der Waals surface area contributed by atoms with Gasteiger partial charge in [-0.1, -0.05) is 353 Å². The van der Waals surface area contributed by atoms with E-state index in [9.17, 15) is 36.7 Å². The smallest absolute Gasteiger partial charge is 0.416 e. The topological polar surface area (TPSA) is 119 Å². The number of pyridine rings is 1. The summed E-state index contributed by atoms with van der Waals surface area (Å²) in [6, 6.07) is 37.1. The first kappa shape index (κ1) is 142. The van der Waals surface area contributed by atoms with Gasteiger partial charge in [0.1, 0.15) is 5.82 Å². The van der Waals surface area contributed by atoms with Crippen molar-refractivity contribution in [1.29, 1.82) is 0 Å². The van der Waals surface area contributed by atoms with E-state index in [0.717, 1.165) is 106 Å². The van der Waals surface area contributed by atoms with Crippen molar-refractivity contribution >= 4 is 34.9 Å². The summed E-state index contributed by atoms with van der Waals surface area (Å²) in [5, 5.41) is 2.56. The summed E-state index contributed by atoms with van der Waals surface area (Å²) < 4.78 is 54.4. The summed E-state index contributed by atoms with van der Waals surface area (Å²) in [6.07, 6.45) is 35.5. The van der Waals surface area contributed by atoms with Crippen molar-refractivity contribution in [2.45, 2.75) is 461 Å². The first-order chi connectivity index (χ1) is 68.5. The second-order valence-corrected chi connectivity index (χ2v) is 57.2. The molecule has 1 saturated carbocycles. The van der Waals surface area contributed by atoms with Crippen LogP contribution in [0.25, 0.3) is 11.3 Å². The molecule has 2 aromatic heterocycles. The molecule has 854 valence electrons. The van der Waals surface area contributed by atoms with Crippen LogP contribution in [-0.4, -0.2) is 150 Å². The Morgan fingerprint density at radius 3 is 1.25 bits per heavy atom. The third-order valence-electron chi connectivity index (χ3n) is 25.9. The molecule has 6 aromatic rings. The summed E-state index contributed by atoms with van der Waals surface area (Å²) in [4.78, 5) is 66.3. The van der Waals surface area contributed by atoms with Gasteiger partial charge >= 0.3 is 12.1 Å². The molecule has 1 atom stereocenters. The molecule has 3 aliphatic heterocycles. The Morgan fingerprint density at radius 1 is 0.456 bits per heavy atom. The number of benzene rings is 4. The van der Waals surface area contributed by atoms with Crippen molar-refractivity contribution in [3.8, 4) is 11.3 Å². The highest BCUT2D eigenvalue weighted by Crippen LogP contribution is 2.44. The number of carbonyl (C=O) groups is 4. The fourth-order valence-corrected chi connectivity index (χ4v) is 17.6. The number of halogens is 4. The van der Waals surface area contributed by atoms with Crippen LogP contribution in [0.5, 0.6) is 0 Å². The van der Waals surface area contributed by atoms with Gasteiger partial charge in [-0.05, 0) is 338 Å². The zero-order valence-corrected chi connectivity index (χ0v) is 104. The number of alkyl halides is 3.